The van der Waals surface area contributed by atoms with Crippen molar-refractivity contribution in [2.75, 3.05) is 6.54 Å². The maximum Gasteiger partial charge on any atom is 0.214 e. The van der Waals surface area contributed by atoms with E-state index in [2.05, 4.69) is 0 Å². The van der Waals surface area contributed by atoms with Gasteiger partial charge in [0.05, 0.1) is 0 Å². The van der Waals surface area contributed by atoms with Crippen LogP contribution < -0.4 is 0 Å². The zero-order valence-corrected chi connectivity index (χ0v) is 5.77. The van der Waals surface area contributed by atoms with Crippen LogP contribution in [0.3, 0.4) is 0 Å². The van der Waals surface area contributed by atoms with E-state index in [-0.39, 0.29) is 0 Å². The van der Waals surface area contributed by atoms with Gasteiger partial charge >= 0.3 is 0 Å². The lowest BCUT2D eigenvalue weighted by atomic mass is 10.2. The van der Waals surface area contributed by atoms with E-state index >= 15 is 0 Å². The molecule has 2 nitrogen and oxygen atoms in total. The first-order valence-electron chi connectivity index (χ1n) is 2.92. The number of carbonyl (C=O) groups excluding carboxylic acids is 1. The molecule has 3 heteroatoms. The smallest absolute Gasteiger partial charge is 0.214 e. The van der Waals surface area contributed by atoms with E-state index in [0.717, 1.165) is 25.8 Å². The Morgan fingerprint density at radius 1 is 1.78 bits per heavy atom. The number of carbonyl (C=O) groups is 1. The summed E-state index contributed by atoms with van der Waals surface area (Å²) in [5.74, 6) is 0. The first-order chi connectivity index (χ1) is 4.34. The Kier molecular flexibility index (Phi) is 2.11. The van der Waals surface area contributed by atoms with Crippen LogP contribution in [0.25, 0.3) is 0 Å². The van der Waals surface area contributed by atoms with Crippen LogP contribution in [0.15, 0.2) is 11.2 Å². The average Bonchev–Trinajstić information content (AvgIpc) is 1.89. The van der Waals surface area contributed by atoms with Gasteiger partial charge in [0.15, 0.2) is 0 Å². The van der Waals surface area contributed by atoms with Crippen molar-refractivity contribution >= 4 is 18.0 Å². The molecule has 0 saturated carbocycles. The summed E-state index contributed by atoms with van der Waals surface area (Å²) in [7, 11) is 0. The summed E-state index contributed by atoms with van der Waals surface area (Å²) in [6.45, 7) is 0.763. The van der Waals surface area contributed by atoms with Gasteiger partial charge in [-0.05, 0) is 18.9 Å². The number of rotatable bonds is 1. The highest BCUT2D eigenvalue weighted by Gasteiger charge is 2.08. The van der Waals surface area contributed by atoms with Crippen molar-refractivity contribution in [3.8, 4) is 0 Å². The number of hydrogen-bond acceptors (Lipinski definition) is 1. The van der Waals surface area contributed by atoms with Crippen molar-refractivity contribution in [2.45, 2.75) is 12.8 Å². The minimum Gasteiger partial charge on any atom is -0.306 e. The zero-order chi connectivity index (χ0) is 6.69. The molecule has 0 aliphatic carbocycles. The van der Waals surface area contributed by atoms with Crippen LogP contribution in [-0.2, 0) is 4.79 Å². The molecule has 1 heterocycles. The van der Waals surface area contributed by atoms with Crippen LogP contribution in [0.2, 0.25) is 0 Å². The summed E-state index contributed by atoms with van der Waals surface area (Å²) in [6, 6.07) is 0. The normalized spacial score (nSPS) is 19.2. The van der Waals surface area contributed by atoms with Crippen molar-refractivity contribution < 1.29 is 4.79 Å². The van der Waals surface area contributed by atoms with Crippen LogP contribution in [0.4, 0.5) is 0 Å². The third-order valence-corrected chi connectivity index (χ3v) is 1.69. The molecule has 1 aliphatic rings. The topological polar surface area (TPSA) is 20.3 Å². The summed E-state index contributed by atoms with van der Waals surface area (Å²) < 4.78 is 0. The summed E-state index contributed by atoms with van der Waals surface area (Å²) in [6.07, 6.45) is 4.63. The van der Waals surface area contributed by atoms with Gasteiger partial charge in [0.2, 0.25) is 6.41 Å². The van der Waals surface area contributed by atoms with Crippen LogP contribution in [0.1, 0.15) is 12.8 Å². The highest BCUT2D eigenvalue weighted by Crippen LogP contribution is 2.15. The first kappa shape index (κ1) is 6.62. The molecule has 1 rings (SSSR count). The standard InChI is InChI=1S/C6H8ClNO/c7-6-3-1-2-4-8(6)5-9/h3,5H,1-2,4H2. The van der Waals surface area contributed by atoms with Gasteiger partial charge in [-0.15, -0.1) is 0 Å². The Hall–Kier alpha value is -0.500. The van der Waals surface area contributed by atoms with Crippen LogP contribution >= 0.6 is 11.6 Å². The lowest BCUT2D eigenvalue weighted by molar-refractivity contribution is -0.116. The minimum atomic E-state index is 0.566. The largest absolute Gasteiger partial charge is 0.306 e. The quantitative estimate of drug-likeness (QED) is 0.403. The molecule has 0 atom stereocenters. The van der Waals surface area contributed by atoms with E-state index in [1.54, 1.807) is 0 Å². The number of hydrogen-bond donors (Lipinski definition) is 0. The molecule has 0 aromatic rings. The van der Waals surface area contributed by atoms with Gasteiger partial charge < -0.3 is 4.90 Å². The number of amides is 1. The van der Waals surface area contributed by atoms with Gasteiger partial charge in [-0.25, -0.2) is 0 Å². The molecule has 0 unspecified atom stereocenters. The fourth-order valence-corrected chi connectivity index (χ4v) is 1.04. The van der Waals surface area contributed by atoms with E-state index < -0.39 is 0 Å². The Morgan fingerprint density at radius 2 is 2.56 bits per heavy atom. The van der Waals surface area contributed by atoms with E-state index in [9.17, 15) is 4.79 Å². The molecule has 1 amide bonds. The second-order valence-electron chi connectivity index (χ2n) is 1.97. The Balaban J connectivity index is 2.60. The van der Waals surface area contributed by atoms with Gasteiger partial charge in [-0.2, -0.15) is 0 Å². The van der Waals surface area contributed by atoms with E-state index in [0.29, 0.717) is 5.16 Å². The van der Waals surface area contributed by atoms with Crippen LogP contribution in [0.5, 0.6) is 0 Å². The van der Waals surface area contributed by atoms with E-state index in [1.165, 1.54) is 4.90 Å². The van der Waals surface area contributed by atoms with Crippen molar-refractivity contribution in [3.05, 3.63) is 11.2 Å². The van der Waals surface area contributed by atoms with Crippen molar-refractivity contribution in [3.63, 3.8) is 0 Å². The lowest BCUT2D eigenvalue weighted by Gasteiger charge is -2.19. The summed E-state index contributed by atoms with van der Waals surface area (Å²) in [5, 5.41) is 0.566. The van der Waals surface area contributed by atoms with Crippen LogP contribution in [0, 0.1) is 0 Å². The average molecular weight is 146 g/mol. The molecule has 9 heavy (non-hydrogen) atoms. The third kappa shape index (κ3) is 1.45. The van der Waals surface area contributed by atoms with Gasteiger partial charge in [0.1, 0.15) is 5.16 Å². The lowest BCUT2D eigenvalue weighted by Crippen LogP contribution is -2.22. The van der Waals surface area contributed by atoms with Crippen molar-refractivity contribution in [2.24, 2.45) is 0 Å². The van der Waals surface area contributed by atoms with Crippen molar-refractivity contribution in [1.82, 2.24) is 4.90 Å². The molecule has 0 radical (unpaired) electrons. The van der Waals surface area contributed by atoms with Gasteiger partial charge in [-0.3, -0.25) is 4.79 Å². The van der Waals surface area contributed by atoms with Gasteiger partial charge in [0, 0.05) is 6.54 Å². The zero-order valence-electron chi connectivity index (χ0n) is 5.01. The molecular weight excluding hydrogens is 138 g/mol. The number of allylic oxidation sites excluding steroid dienone is 1. The predicted octanol–water partition coefficient (Wildman–Crippen LogP) is 1.32. The van der Waals surface area contributed by atoms with Crippen LogP contribution in [-0.4, -0.2) is 17.9 Å². The van der Waals surface area contributed by atoms with Crippen molar-refractivity contribution in [1.29, 1.82) is 0 Å². The highest BCUT2D eigenvalue weighted by atomic mass is 35.5. The highest BCUT2D eigenvalue weighted by molar-refractivity contribution is 6.29. The molecule has 0 saturated heterocycles. The fourth-order valence-electron chi connectivity index (χ4n) is 0.810. The van der Waals surface area contributed by atoms with Gasteiger partial charge in [0.25, 0.3) is 0 Å². The van der Waals surface area contributed by atoms with E-state index in [1.807, 2.05) is 6.08 Å². The minimum absolute atomic E-state index is 0.566. The monoisotopic (exact) mass is 145 g/mol. The third-order valence-electron chi connectivity index (χ3n) is 1.32. The first-order valence-corrected chi connectivity index (χ1v) is 3.30. The number of halogens is 1. The summed E-state index contributed by atoms with van der Waals surface area (Å²) in [5.41, 5.74) is 0. The maximum absolute atomic E-state index is 10.2. The molecule has 0 aromatic carbocycles. The maximum atomic E-state index is 10.2. The second kappa shape index (κ2) is 2.87. The summed E-state index contributed by atoms with van der Waals surface area (Å²) in [4.78, 5) is 11.7. The second-order valence-corrected chi connectivity index (χ2v) is 2.36. The Bertz CT molecular complexity index is 144. The van der Waals surface area contributed by atoms with E-state index in [4.69, 9.17) is 11.6 Å². The van der Waals surface area contributed by atoms with Gasteiger partial charge in [-0.1, -0.05) is 11.6 Å². The number of nitrogens with zero attached hydrogens (tertiary/aromatic N) is 1. The Labute approximate surface area is 59.1 Å². The summed E-state index contributed by atoms with van der Waals surface area (Å²) >= 11 is 5.64. The molecule has 0 spiro atoms. The molecule has 0 fully saturated rings. The molecule has 1 aliphatic heterocycles. The molecule has 0 aromatic heterocycles. The molecule has 0 N–H and O–H groups in total. The molecular formula is C6H8ClNO. The Morgan fingerprint density at radius 3 is 3.00 bits per heavy atom. The molecule has 0 bridgehead atoms. The predicted molar refractivity (Wildman–Crippen MR) is 35.9 cm³/mol. The fraction of sp³-hybridized carbons (Fsp3) is 0.500. The molecule has 50 valence electrons. The SMILES string of the molecule is O=CN1CCCC=C1Cl.